The van der Waals surface area contributed by atoms with E-state index in [0.717, 1.165) is 33.6 Å². The molecule has 1 aliphatic rings. The summed E-state index contributed by atoms with van der Waals surface area (Å²) in [5.74, 6) is 0.0631. The fraction of sp³-hybridized carbons (Fsp3) is 0.294. The Hall–Kier alpha value is -1.46. The van der Waals surface area contributed by atoms with Crippen molar-refractivity contribution in [3.63, 3.8) is 0 Å². The number of hydrogen-bond donors (Lipinski definition) is 0. The normalized spacial score (nSPS) is 14.5. The van der Waals surface area contributed by atoms with Crippen molar-refractivity contribution in [1.82, 2.24) is 9.88 Å². The molecule has 1 heterocycles. The third-order valence-electron chi connectivity index (χ3n) is 3.55. The van der Waals surface area contributed by atoms with Crippen LogP contribution in [0, 0.1) is 6.92 Å². The van der Waals surface area contributed by atoms with E-state index < -0.39 is 0 Å². The Balaban J connectivity index is 1.70. The second-order valence-electron chi connectivity index (χ2n) is 5.45. The molecule has 3 rings (SSSR count). The monoisotopic (exact) mass is 376 g/mol. The Morgan fingerprint density at radius 2 is 2.32 bits per heavy atom. The first-order chi connectivity index (χ1) is 10.6. The van der Waals surface area contributed by atoms with Gasteiger partial charge in [-0.05, 0) is 43.5 Å². The van der Waals surface area contributed by atoms with Crippen LogP contribution in [-0.2, 0) is 11.3 Å². The van der Waals surface area contributed by atoms with Gasteiger partial charge in [-0.3, -0.25) is 4.79 Å². The van der Waals surface area contributed by atoms with Crippen molar-refractivity contribution in [2.24, 2.45) is 0 Å². The van der Waals surface area contributed by atoms with Gasteiger partial charge in [0.25, 0.3) is 0 Å². The van der Waals surface area contributed by atoms with E-state index in [4.69, 9.17) is 0 Å². The molecule has 0 atom stereocenters. The molecule has 114 valence electrons. The van der Waals surface area contributed by atoms with E-state index in [2.05, 4.69) is 33.0 Å². The lowest BCUT2D eigenvalue weighted by atomic mass is 10.2. The summed E-state index contributed by atoms with van der Waals surface area (Å²) in [5.41, 5.74) is 2.00. The van der Waals surface area contributed by atoms with Gasteiger partial charge >= 0.3 is 0 Å². The van der Waals surface area contributed by atoms with Gasteiger partial charge in [0, 0.05) is 28.5 Å². The average Bonchev–Trinajstić information content (AvgIpc) is 3.24. The first kappa shape index (κ1) is 15.4. The number of carbonyl (C=O) groups excluding carboxylic acids is 1. The van der Waals surface area contributed by atoms with Crippen molar-refractivity contribution in [2.45, 2.75) is 32.4 Å². The Morgan fingerprint density at radius 3 is 2.95 bits per heavy atom. The van der Waals surface area contributed by atoms with Crippen LogP contribution in [0.15, 0.2) is 40.2 Å². The van der Waals surface area contributed by atoms with Crippen LogP contribution in [0.2, 0.25) is 0 Å². The Morgan fingerprint density at radius 1 is 1.50 bits per heavy atom. The molecule has 3 nitrogen and oxygen atoms in total. The number of carbonyl (C=O) groups is 1. The maximum atomic E-state index is 12.5. The number of aryl methyl sites for hydroxylation is 1. The minimum atomic E-state index is 0.0631. The van der Waals surface area contributed by atoms with Gasteiger partial charge in [-0.2, -0.15) is 0 Å². The van der Waals surface area contributed by atoms with Crippen LogP contribution in [0.1, 0.15) is 29.1 Å². The summed E-state index contributed by atoms with van der Waals surface area (Å²) in [5, 5.41) is 2.98. The van der Waals surface area contributed by atoms with E-state index >= 15 is 0 Å². The Kier molecular flexibility index (Phi) is 4.74. The third-order valence-corrected chi connectivity index (χ3v) is 4.83. The van der Waals surface area contributed by atoms with E-state index in [1.807, 2.05) is 35.4 Å². The number of thiazole rings is 1. The number of nitrogens with zero attached hydrogens (tertiary/aromatic N) is 2. The fourth-order valence-corrected chi connectivity index (χ4v) is 3.34. The van der Waals surface area contributed by atoms with Crippen LogP contribution in [0.25, 0.3) is 6.08 Å². The van der Waals surface area contributed by atoms with Gasteiger partial charge in [-0.15, -0.1) is 11.3 Å². The molecule has 1 aromatic heterocycles. The lowest BCUT2D eigenvalue weighted by Crippen LogP contribution is -2.31. The van der Waals surface area contributed by atoms with Crippen LogP contribution in [0.4, 0.5) is 0 Å². The van der Waals surface area contributed by atoms with Gasteiger partial charge in [-0.1, -0.05) is 28.1 Å². The highest BCUT2D eigenvalue weighted by atomic mass is 79.9. The van der Waals surface area contributed by atoms with Crippen molar-refractivity contribution in [1.29, 1.82) is 0 Å². The highest BCUT2D eigenvalue weighted by Crippen LogP contribution is 2.29. The molecule has 1 fully saturated rings. The van der Waals surface area contributed by atoms with Gasteiger partial charge < -0.3 is 4.90 Å². The van der Waals surface area contributed by atoms with Gasteiger partial charge in [0.05, 0.1) is 10.7 Å². The summed E-state index contributed by atoms with van der Waals surface area (Å²) in [6.07, 6.45) is 5.65. The molecule has 1 amide bonds. The Labute approximate surface area is 142 Å². The molecule has 22 heavy (non-hydrogen) atoms. The zero-order chi connectivity index (χ0) is 15.5. The van der Waals surface area contributed by atoms with E-state index in [-0.39, 0.29) is 5.91 Å². The van der Waals surface area contributed by atoms with E-state index in [9.17, 15) is 4.79 Å². The molecular weight excluding hydrogens is 360 g/mol. The minimum absolute atomic E-state index is 0.0631. The first-order valence-corrected chi connectivity index (χ1v) is 8.94. The zero-order valence-electron chi connectivity index (χ0n) is 12.3. The van der Waals surface area contributed by atoms with Crippen molar-refractivity contribution >= 4 is 39.2 Å². The van der Waals surface area contributed by atoms with Crippen LogP contribution in [0.5, 0.6) is 0 Å². The van der Waals surface area contributed by atoms with Crippen molar-refractivity contribution < 1.29 is 4.79 Å². The van der Waals surface area contributed by atoms with Gasteiger partial charge in [0.15, 0.2) is 0 Å². The van der Waals surface area contributed by atoms with E-state index in [1.54, 1.807) is 17.4 Å². The number of halogens is 1. The molecule has 0 bridgehead atoms. The van der Waals surface area contributed by atoms with Crippen molar-refractivity contribution in [2.75, 3.05) is 0 Å². The molecule has 0 spiro atoms. The van der Waals surface area contributed by atoms with Crippen LogP contribution in [-0.4, -0.2) is 21.8 Å². The highest BCUT2D eigenvalue weighted by molar-refractivity contribution is 9.10. The summed E-state index contributed by atoms with van der Waals surface area (Å²) in [7, 11) is 0. The third kappa shape index (κ3) is 4.05. The second kappa shape index (κ2) is 6.75. The maximum absolute atomic E-state index is 12.5. The Bertz CT molecular complexity index is 706. The molecule has 1 aromatic carbocycles. The molecule has 2 aromatic rings. The van der Waals surface area contributed by atoms with E-state index in [0.29, 0.717) is 12.6 Å². The van der Waals surface area contributed by atoms with Gasteiger partial charge in [0.2, 0.25) is 5.91 Å². The second-order valence-corrected chi connectivity index (χ2v) is 7.43. The summed E-state index contributed by atoms with van der Waals surface area (Å²) in [4.78, 5) is 18.8. The first-order valence-electron chi connectivity index (χ1n) is 7.27. The predicted octanol–water partition coefficient (Wildman–Crippen LogP) is 4.42. The van der Waals surface area contributed by atoms with Crippen LogP contribution < -0.4 is 0 Å². The number of aromatic nitrogens is 1. The minimum Gasteiger partial charge on any atom is -0.332 e. The molecule has 0 unspecified atom stereocenters. The molecule has 1 saturated carbocycles. The largest absolute Gasteiger partial charge is 0.332 e. The molecule has 0 radical (unpaired) electrons. The summed E-state index contributed by atoms with van der Waals surface area (Å²) in [6, 6.07) is 8.50. The zero-order valence-corrected chi connectivity index (χ0v) is 14.7. The predicted molar refractivity (Wildman–Crippen MR) is 93.6 cm³/mol. The van der Waals surface area contributed by atoms with Crippen LogP contribution in [0.3, 0.4) is 0 Å². The summed E-state index contributed by atoms with van der Waals surface area (Å²) < 4.78 is 1.04. The molecule has 5 heteroatoms. The fourth-order valence-electron chi connectivity index (χ4n) is 2.31. The number of hydrogen-bond acceptors (Lipinski definition) is 3. The summed E-state index contributed by atoms with van der Waals surface area (Å²) >= 11 is 5.08. The van der Waals surface area contributed by atoms with Gasteiger partial charge in [-0.25, -0.2) is 4.98 Å². The smallest absolute Gasteiger partial charge is 0.247 e. The quantitative estimate of drug-likeness (QED) is 0.723. The molecule has 1 aliphatic carbocycles. The standard InChI is InChI=1S/C17H17BrN2OS/c1-12-19-15(11-22-12)5-8-17(21)20(16-6-7-16)10-13-3-2-4-14(18)9-13/h2-5,8-9,11,16H,6-7,10H2,1H3/b8-5+. The SMILES string of the molecule is Cc1nc(/C=C/C(=O)N(Cc2cccc(Br)c2)C2CC2)cs1. The van der Waals surface area contributed by atoms with Crippen molar-refractivity contribution in [3.05, 3.63) is 56.5 Å². The molecule has 0 N–H and O–H groups in total. The number of benzene rings is 1. The van der Waals surface area contributed by atoms with Gasteiger partial charge in [0.1, 0.15) is 0 Å². The average molecular weight is 377 g/mol. The summed E-state index contributed by atoms with van der Waals surface area (Å²) in [6.45, 7) is 2.62. The topological polar surface area (TPSA) is 33.2 Å². The molecule has 0 aliphatic heterocycles. The maximum Gasteiger partial charge on any atom is 0.247 e. The number of rotatable bonds is 5. The van der Waals surface area contributed by atoms with E-state index in [1.165, 1.54) is 0 Å². The van der Waals surface area contributed by atoms with Crippen molar-refractivity contribution in [3.8, 4) is 0 Å². The molecule has 0 saturated heterocycles. The lowest BCUT2D eigenvalue weighted by molar-refractivity contribution is -0.127. The molecular formula is C17H17BrN2OS. The highest BCUT2D eigenvalue weighted by Gasteiger charge is 2.31. The lowest BCUT2D eigenvalue weighted by Gasteiger charge is -2.21. The number of amides is 1. The van der Waals surface area contributed by atoms with Crippen LogP contribution >= 0.6 is 27.3 Å².